The molecule has 1 radical (unpaired) electrons. The van der Waals surface area contributed by atoms with E-state index in [0.717, 1.165) is 77.4 Å². The minimum Gasteiger partial charge on any atom is -0.432 e. The van der Waals surface area contributed by atoms with E-state index in [1.807, 2.05) is 18.5 Å². The molecule has 9 nitrogen and oxygen atoms in total. The Balaban J connectivity index is 1.27. The van der Waals surface area contributed by atoms with Crippen molar-refractivity contribution < 1.29 is 13.9 Å². The number of pyridine rings is 1. The van der Waals surface area contributed by atoms with Crippen LogP contribution in [0, 0.1) is 0 Å². The van der Waals surface area contributed by atoms with Gasteiger partial charge in [0.2, 0.25) is 14.8 Å². The number of aromatic amines is 1. The average molecular weight is 512 g/mol. The van der Waals surface area contributed by atoms with Gasteiger partial charge in [-0.05, 0) is 41.8 Å². The van der Waals surface area contributed by atoms with E-state index in [-0.39, 0.29) is 0 Å². The normalized spacial score (nSPS) is 22.8. The molecule has 2 N–H and O–H groups in total. The molecule has 2 bridgehead atoms. The lowest BCUT2D eigenvalue weighted by Gasteiger charge is -2.28. The average Bonchev–Trinajstić information content (AvgIpc) is 3.71. The lowest BCUT2D eigenvalue weighted by molar-refractivity contribution is 0.122. The summed E-state index contributed by atoms with van der Waals surface area (Å²) in [7, 11) is -1.14. The molecule has 0 spiro atoms. The third kappa shape index (κ3) is 3.51. The second-order valence-electron chi connectivity index (χ2n) is 10.4. The van der Waals surface area contributed by atoms with Crippen LogP contribution in [0.5, 0.6) is 0 Å². The third-order valence-electron chi connectivity index (χ3n) is 8.19. The molecule has 3 aliphatic heterocycles. The molecule has 3 fully saturated rings. The summed E-state index contributed by atoms with van der Waals surface area (Å²) in [6, 6.07) is 11.9. The number of H-pyrrole nitrogens is 1. The molecule has 8 rings (SSSR count). The smallest absolute Gasteiger partial charge is 0.229 e. The molecular formula is C27H27N6O3Si. The fourth-order valence-corrected chi connectivity index (χ4v) is 8.54. The molecule has 187 valence electrons. The SMILES string of the molecule is O[Si]1C[C@@H]2CC1CN2Cc1cnc2oc3c(N4CCOCC4)nc(-c4cccc5[nH]ccc45)nc3c2c1. The molecule has 5 aromatic rings. The minimum absolute atomic E-state index is 0.504. The quantitative estimate of drug-likeness (QED) is 0.352. The van der Waals surface area contributed by atoms with Gasteiger partial charge in [-0.25, -0.2) is 15.0 Å². The number of hydrogen-bond donors (Lipinski definition) is 2. The zero-order valence-corrected chi connectivity index (χ0v) is 21.4. The van der Waals surface area contributed by atoms with Gasteiger partial charge in [-0.15, -0.1) is 0 Å². The number of nitrogens with zero attached hydrogens (tertiary/aromatic N) is 5. The Bertz CT molecular complexity index is 1640. The monoisotopic (exact) mass is 511 g/mol. The third-order valence-corrected chi connectivity index (χ3v) is 10.4. The first kappa shape index (κ1) is 21.7. The topological polar surface area (TPSA) is 104 Å². The predicted octanol–water partition coefficient (Wildman–Crippen LogP) is 3.70. The molecule has 3 aliphatic rings. The predicted molar refractivity (Wildman–Crippen MR) is 143 cm³/mol. The number of anilines is 1. The van der Waals surface area contributed by atoms with Crippen molar-refractivity contribution in [3.63, 3.8) is 0 Å². The Morgan fingerprint density at radius 3 is 2.89 bits per heavy atom. The van der Waals surface area contributed by atoms with Crippen molar-refractivity contribution >= 4 is 48.0 Å². The number of aromatic nitrogens is 4. The zero-order valence-electron chi connectivity index (χ0n) is 20.4. The fraction of sp³-hybridized carbons (Fsp3) is 0.370. The summed E-state index contributed by atoms with van der Waals surface area (Å²) in [5, 5.41) is 2.01. The number of morpholine rings is 1. The van der Waals surface area contributed by atoms with Gasteiger partial charge in [0.25, 0.3) is 0 Å². The number of rotatable bonds is 4. The Morgan fingerprint density at radius 1 is 1.14 bits per heavy atom. The van der Waals surface area contributed by atoms with Crippen LogP contribution in [-0.2, 0) is 11.3 Å². The Hall–Kier alpha value is -3.31. The van der Waals surface area contributed by atoms with Crippen molar-refractivity contribution in [2.24, 2.45) is 0 Å². The van der Waals surface area contributed by atoms with Gasteiger partial charge >= 0.3 is 0 Å². The van der Waals surface area contributed by atoms with E-state index in [4.69, 9.17) is 24.1 Å². The van der Waals surface area contributed by atoms with Crippen molar-refractivity contribution in [3.05, 3.63) is 48.3 Å². The van der Waals surface area contributed by atoms with Crippen molar-refractivity contribution in [2.75, 3.05) is 37.7 Å². The minimum atomic E-state index is -1.14. The molecule has 7 heterocycles. The molecule has 3 saturated heterocycles. The van der Waals surface area contributed by atoms with Gasteiger partial charge in [-0.3, -0.25) is 4.90 Å². The highest BCUT2D eigenvalue weighted by molar-refractivity contribution is 6.53. The maximum Gasteiger partial charge on any atom is 0.229 e. The van der Waals surface area contributed by atoms with Crippen LogP contribution in [0.1, 0.15) is 12.0 Å². The summed E-state index contributed by atoms with van der Waals surface area (Å²) in [6.07, 6.45) is 5.01. The first-order valence-corrected chi connectivity index (χ1v) is 14.7. The van der Waals surface area contributed by atoms with Crippen LogP contribution in [0.2, 0.25) is 11.6 Å². The van der Waals surface area contributed by atoms with Gasteiger partial charge in [-0.1, -0.05) is 12.1 Å². The number of likely N-dealkylation sites (tertiary alicyclic amines) is 1. The molecule has 2 atom stereocenters. The van der Waals surface area contributed by atoms with Gasteiger partial charge in [0.15, 0.2) is 17.2 Å². The highest BCUT2D eigenvalue weighted by Gasteiger charge is 2.45. The number of ether oxygens (including phenoxy) is 1. The van der Waals surface area contributed by atoms with Gasteiger partial charge in [0.05, 0.1) is 18.6 Å². The summed E-state index contributed by atoms with van der Waals surface area (Å²) in [4.78, 5) is 33.1. The molecule has 0 aliphatic carbocycles. The van der Waals surface area contributed by atoms with E-state index in [1.165, 1.54) is 0 Å². The largest absolute Gasteiger partial charge is 0.432 e. The molecule has 0 amide bonds. The molecule has 4 aromatic heterocycles. The summed E-state index contributed by atoms with van der Waals surface area (Å²) in [5.74, 6) is 1.48. The van der Waals surface area contributed by atoms with E-state index < -0.39 is 9.04 Å². The lowest BCUT2D eigenvalue weighted by atomic mass is 10.1. The maximum absolute atomic E-state index is 10.3. The van der Waals surface area contributed by atoms with Crippen LogP contribution in [0.15, 0.2) is 47.1 Å². The van der Waals surface area contributed by atoms with Crippen LogP contribution in [0.3, 0.4) is 0 Å². The summed E-state index contributed by atoms with van der Waals surface area (Å²) >= 11 is 0. The molecule has 1 aromatic carbocycles. The first-order valence-electron chi connectivity index (χ1n) is 13.0. The Labute approximate surface area is 214 Å². The molecular weight excluding hydrogens is 484 g/mol. The van der Waals surface area contributed by atoms with Crippen molar-refractivity contribution in [3.8, 4) is 11.4 Å². The molecule has 10 heteroatoms. The van der Waals surface area contributed by atoms with Gasteiger partial charge in [0, 0.05) is 61.1 Å². The van der Waals surface area contributed by atoms with Crippen LogP contribution in [0.25, 0.3) is 44.5 Å². The molecule has 1 unspecified atom stereocenters. The summed E-state index contributed by atoms with van der Waals surface area (Å²) < 4.78 is 11.9. The van der Waals surface area contributed by atoms with Crippen molar-refractivity contribution in [1.82, 2.24) is 24.8 Å². The number of fused-ring (bicyclic) bond motifs is 6. The molecule has 37 heavy (non-hydrogen) atoms. The maximum atomic E-state index is 10.3. The number of nitrogens with one attached hydrogen (secondary N) is 1. The second-order valence-corrected chi connectivity index (χ2v) is 12.6. The van der Waals surface area contributed by atoms with Gasteiger partial charge in [0.1, 0.15) is 5.52 Å². The Kier molecular flexibility index (Phi) is 4.91. The van der Waals surface area contributed by atoms with E-state index >= 15 is 0 Å². The van der Waals surface area contributed by atoms with Crippen molar-refractivity contribution in [2.45, 2.75) is 30.6 Å². The van der Waals surface area contributed by atoms with Gasteiger partial charge in [-0.2, -0.15) is 0 Å². The Morgan fingerprint density at radius 2 is 2.05 bits per heavy atom. The number of hydrogen-bond acceptors (Lipinski definition) is 8. The zero-order chi connectivity index (χ0) is 24.5. The lowest BCUT2D eigenvalue weighted by Crippen LogP contribution is -2.37. The van der Waals surface area contributed by atoms with Crippen LogP contribution >= 0.6 is 0 Å². The van der Waals surface area contributed by atoms with Crippen LogP contribution in [0.4, 0.5) is 5.82 Å². The highest BCUT2D eigenvalue weighted by atomic mass is 28.3. The van der Waals surface area contributed by atoms with Crippen LogP contribution < -0.4 is 4.90 Å². The summed E-state index contributed by atoms with van der Waals surface area (Å²) in [6.45, 7) is 4.65. The summed E-state index contributed by atoms with van der Waals surface area (Å²) in [5.41, 5.74) is 5.76. The van der Waals surface area contributed by atoms with Gasteiger partial charge < -0.3 is 23.8 Å². The fourth-order valence-electron chi connectivity index (χ4n) is 6.31. The van der Waals surface area contributed by atoms with Crippen LogP contribution in [-0.4, -0.2) is 77.6 Å². The number of furan rings is 1. The van der Waals surface area contributed by atoms with Crippen molar-refractivity contribution in [1.29, 1.82) is 0 Å². The molecule has 0 saturated carbocycles. The first-order chi connectivity index (χ1) is 18.2. The van der Waals surface area contributed by atoms with E-state index in [9.17, 15) is 4.80 Å². The van der Waals surface area contributed by atoms with E-state index in [0.29, 0.717) is 41.9 Å². The second kappa shape index (κ2) is 8.35. The van der Waals surface area contributed by atoms with E-state index in [1.54, 1.807) is 0 Å². The highest BCUT2D eigenvalue weighted by Crippen LogP contribution is 2.42. The number of benzene rings is 1. The standard InChI is InChI=1S/C27H27N6O3Si/c34-37-15-17-11-18(37)14-33(17)13-16-10-21-23-24(36-27(21)29-12-16)26(32-6-8-35-9-7-32)31-25(30-23)20-2-1-3-22-19(20)4-5-28-22/h1-5,10,12,17-18,28,34H,6-9,11,13-15H2/t17-,18?/m0/s1. The van der Waals surface area contributed by atoms with E-state index in [2.05, 4.69) is 39.0 Å².